The number of para-hydroxylation sites is 1. The van der Waals surface area contributed by atoms with E-state index in [9.17, 15) is 0 Å². The lowest BCUT2D eigenvalue weighted by Gasteiger charge is -2.23. The second kappa shape index (κ2) is 7.65. The molecule has 0 saturated carbocycles. The number of fused-ring (bicyclic) bond motifs is 6. The van der Waals surface area contributed by atoms with E-state index in [0.29, 0.717) is 5.92 Å². The first-order chi connectivity index (χ1) is 16.3. The van der Waals surface area contributed by atoms with Crippen molar-refractivity contribution in [1.82, 2.24) is 4.98 Å². The summed E-state index contributed by atoms with van der Waals surface area (Å²) in [6.07, 6.45) is 0. The zero-order valence-electron chi connectivity index (χ0n) is 20.4. The molecule has 0 amide bonds. The van der Waals surface area contributed by atoms with Crippen LogP contribution in [0.5, 0.6) is 0 Å². The molecular weight excluding hydrogens is 430 g/mol. The number of hydrogen-bond acceptors (Lipinski definition) is 2. The zero-order chi connectivity index (χ0) is 23.6. The molecule has 2 heteroatoms. The Balaban J connectivity index is 1.80. The van der Waals surface area contributed by atoms with Crippen molar-refractivity contribution in [1.29, 1.82) is 0 Å². The molecule has 0 spiro atoms. The van der Waals surface area contributed by atoms with Crippen molar-refractivity contribution in [3.05, 3.63) is 90.0 Å². The summed E-state index contributed by atoms with van der Waals surface area (Å²) < 4.78 is 2.73. The van der Waals surface area contributed by atoms with Crippen molar-refractivity contribution in [2.24, 2.45) is 0 Å². The molecule has 2 heterocycles. The molecule has 2 aromatic heterocycles. The van der Waals surface area contributed by atoms with Crippen LogP contribution in [0.4, 0.5) is 0 Å². The van der Waals surface area contributed by atoms with Crippen LogP contribution in [0.25, 0.3) is 53.1 Å². The maximum atomic E-state index is 5.31. The molecule has 0 fully saturated rings. The van der Waals surface area contributed by atoms with Crippen LogP contribution in [0.15, 0.2) is 78.9 Å². The largest absolute Gasteiger partial charge is 0.247 e. The first-order valence-electron chi connectivity index (χ1n) is 12.1. The fraction of sp³-hybridized carbons (Fsp3) is 0.219. The summed E-state index contributed by atoms with van der Waals surface area (Å²) in [5, 5.41) is 6.46. The zero-order valence-corrected chi connectivity index (χ0v) is 21.3. The number of pyridine rings is 1. The van der Waals surface area contributed by atoms with Gasteiger partial charge in [0.15, 0.2) is 0 Å². The maximum Gasteiger partial charge on any atom is 0.0803 e. The molecule has 34 heavy (non-hydrogen) atoms. The summed E-state index contributed by atoms with van der Waals surface area (Å²) in [6, 6.07) is 28.8. The van der Waals surface area contributed by atoms with Crippen LogP contribution in [0, 0.1) is 0 Å². The number of nitrogens with zero attached hydrogens (tertiary/aromatic N) is 1. The highest BCUT2D eigenvalue weighted by molar-refractivity contribution is 7.27. The van der Waals surface area contributed by atoms with Crippen LogP contribution in [-0.4, -0.2) is 4.98 Å². The number of aromatic nitrogens is 1. The van der Waals surface area contributed by atoms with Crippen molar-refractivity contribution >= 4 is 53.2 Å². The van der Waals surface area contributed by atoms with E-state index in [1.807, 2.05) is 11.3 Å². The summed E-state index contributed by atoms with van der Waals surface area (Å²) in [5.74, 6) is 0.479. The fourth-order valence-electron chi connectivity index (χ4n) is 5.24. The highest BCUT2D eigenvalue weighted by Gasteiger charge is 2.22. The van der Waals surface area contributed by atoms with Gasteiger partial charge in [-0.15, -0.1) is 11.3 Å². The molecule has 0 saturated heterocycles. The Morgan fingerprint density at radius 1 is 0.735 bits per heavy atom. The van der Waals surface area contributed by atoms with Gasteiger partial charge < -0.3 is 0 Å². The first-order valence-corrected chi connectivity index (χ1v) is 12.9. The molecule has 0 aliphatic carbocycles. The van der Waals surface area contributed by atoms with Crippen LogP contribution in [-0.2, 0) is 5.41 Å². The normalized spacial score (nSPS) is 12.5. The Morgan fingerprint density at radius 2 is 1.44 bits per heavy atom. The van der Waals surface area contributed by atoms with Crippen molar-refractivity contribution in [3.8, 4) is 11.3 Å². The van der Waals surface area contributed by atoms with Crippen LogP contribution < -0.4 is 0 Å². The molecule has 1 nitrogen and oxygen atoms in total. The van der Waals surface area contributed by atoms with E-state index in [2.05, 4.69) is 113 Å². The minimum Gasteiger partial charge on any atom is -0.247 e. The summed E-state index contributed by atoms with van der Waals surface area (Å²) in [4.78, 5) is 5.31. The number of thiophene rings is 1. The third-order valence-corrected chi connectivity index (χ3v) is 8.22. The van der Waals surface area contributed by atoms with E-state index >= 15 is 0 Å². The van der Waals surface area contributed by atoms with Crippen molar-refractivity contribution < 1.29 is 0 Å². The molecule has 0 atom stereocenters. The predicted molar refractivity (Wildman–Crippen MR) is 150 cm³/mol. The van der Waals surface area contributed by atoms with Crippen LogP contribution in [0.1, 0.15) is 51.7 Å². The van der Waals surface area contributed by atoms with Crippen molar-refractivity contribution in [2.45, 2.75) is 46.0 Å². The highest BCUT2D eigenvalue weighted by atomic mass is 32.1. The van der Waals surface area contributed by atoms with E-state index in [1.165, 1.54) is 53.0 Å². The van der Waals surface area contributed by atoms with Gasteiger partial charge in [0.2, 0.25) is 0 Å². The third-order valence-electron chi connectivity index (χ3n) is 6.93. The van der Waals surface area contributed by atoms with Gasteiger partial charge in [0.05, 0.1) is 11.2 Å². The van der Waals surface area contributed by atoms with Gasteiger partial charge in [-0.05, 0) is 51.4 Å². The summed E-state index contributed by atoms with van der Waals surface area (Å²) in [5.41, 5.74) is 6.18. The quantitative estimate of drug-likeness (QED) is 0.251. The van der Waals surface area contributed by atoms with Gasteiger partial charge in [-0.1, -0.05) is 95.3 Å². The molecule has 0 radical (unpaired) electrons. The molecule has 6 rings (SSSR count). The minimum atomic E-state index is 0.0348. The van der Waals surface area contributed by atoms with E-state index in [1.54, 1.807) is 0 Å². The van der Waals surface area contributed by atoms with Gasteiger partial charge in [-0.25, -0.2) is 4.98 Å². The molecule has 168 valence electrons. The summed E-state index contributed by atoms with van der Waals surface area (Å²) in [7, 11) is 0. The number of rotatable bonds is 2. The lowest BCUT2D eigenvalue weighted by Crippen LogP contribution is -2.12. The molecule has 6 aromatic rings. The van der Waals surface area contributed by atoms with Crippen LogP contribution in [0.2, 0.25) is 0 Å². The SMILES string of the molecule is CC(C)c1cccc2c1sc1c3ccccc3nc(-c3cc(C(C)(C)C)c4ccccc4c3)c21. The van der Waals surface area contributed by atoms with E-state index in [-0.39, 0.29) is 5.41 Å². The fourth-order valence-corrected chi connectivity index (χ4v) is 6.73. The predicted octanol–water partition coefficient (Wildman–Crippen LogP) is 9.84. The van der Waals surface area contributed by atoms with Crippen LogP contribution in [0.3, 0.4) is 0 Å². The molecule has 0 aliphatic heterocycles. The van der Waals surface area contributed by atoms with Crippen molar-refractivity contribution in [3.63, 3.8) is 0 Å². The van der Waals surface area contributed by atoms with Gasteiger partial charge in [-0.2, -0.15) is 0 Å². The second-order valence-electron chi connectivity index (χ2n) is 10.7. The molecule has 4 aromatic carbocycles. The Hall–Kier alpha value is -3.23. The lowest BCUT2D eigenvalue weighted by atomic mass is 9.82. The minimum absolute atomic E-state index is 0.0348. The summed E-state index contributed by atoms with van der Waals surface area (Å²) >= 11 is 1.93. The smallest absolute Gasteiger partial charge is 0.0803 e. The van der Waals surface area contributed by atoms with Crippen LogP contribution >= 0.6 is 11.3 Å². The topological polar surface area (TPSA) is 12.9 Å². The van der Waals surface area contributed by atoms with Gasteiger partial charge in [0, 0.05) is 31.1 Å². The van der Waals surface area contributed by atoms with E-state index in [4.69, 9.17) is 4.98 Å². The first kappa shape index (κ1) is 21.3. The Bertz CT molecular complexity index is 1710. The average Bonchev–Trinajstić information content (AvgIpc) is 3.22. The summed E-state index contributed by atoms with van der Waals surface area (Å²) in [6.45, 7) is 11.5. The highest BCUT2D eigenvalue weighted by Crippen LogP contribution is 2.46. The molecule has 0 unspecified atom stereocenters. The second-order valence-corrected chi connectivity index (χ2v) is 11.7. The van der Waals surface area contributed by atoms with Gasteiger partial charge in [0.1, 0.15) is 0 Å². The lowest BCUT2D eigenvalue weighted by molar-refractivity contribution is 0.596. The van der Waals surface area contributed by atoms with E-state index in [0.717, 1.165) is 11.2 Å². The third kappa shape index (κ3) is 3.24. The number of hydrogen-bond donors (Lipinski definition) is 0. The Morgan fingerprint density at radius 3 is 2.21 bits per heavy atom. The maximum absolute atomic E-state index is 5.31. The number of benzene rings is 4. The average molecular weight is 460 g/mol. The van der Waals surface area contributed by atoms with E-state index < -0.39 is 0 Å². The molecule has 0 N–H and O–H groups in total. The Kier molecular flexibility index (Phi) is 4.79. The van der Waals surface area contributed by atoms with Gasteiger partial charge in [0.25, 0.3) is 0 Å². The molecule has 0 aliphatic rings. The molecule has 0 bridgehead atoms. The monoisotopic (exact) mass is 459 g/mol. The standard InChI is InChI=1S/C32H29NS/c1-19(2)22-14-10-15-25-28-29(33-27-16-9-8-13-24(27)31(28)34-30(22)25)21-17-20-11-6-7-12-23(20)26(18-21)32(3,4)5/h6-19H,1-5H3. The van der Waals surface area contributed by atoms with Gasteiger partial charge >= 0.3 is 0 Å². The van der Waals surface area contributed by atoms with Gasteiger partial charge in [-0.3, -0.25) is 0 Å². The van der Waals surface area contributed by atoms with Crippen molar-refractivity contribution in [2.75, 3.05) is 0 Å². The molecular formula is C32H29NS. The Labute approximate surface area is 205 Å².